The Balaban J connectivity index is 2.23. The molecule has 2 heteroatoms. The van der Waals surface area contributed by atoms with Crippen molar-refractivity contribution in [3.63, 3.8) is 0 Å². The van der Waals surface area contributed by atoms with E-state index in [9.17, 15) is 4.79 Å². The van der Waals surface area contributed by atoms with E-state index in [2.05, 4.69) is 69.2 Å². The molecule has 0 N–H and O–H groups in total. The normalized spacial score (nSPS) is 12.7. The fourth-order valence-corrected chi connectivity index (χ4v) is 3.97. The summed E-state index contributed by atoms with van der Waals surface area (Å²) in [5.41, 5.74) is 3.36. The lowest BCUT2D eigenvalue weighted by Crippen LogP contribution is -2.43. The van der Waals surface area contributed by atoms with Gasteiger partial charge in [0, 0.05) is 11.6 Å². The highest BCUT2D eigenvalue weighted by molar-refractivity contribution is 6.06. The number of carbonyl (C=O) groups is 1. The zero-order chi connectivity index (χ0) is 20.9. The summed E-state index contributed by atoms with van der Waals surface area (Å²) < 4.78 is 0. The summed E-state index contributed by atoms with van der Waals surface area (Å²) >= 11 is 0. The Bertz CT molecular complexity index is 874. The first kappa shape index (κ1) is 21.0. The molecule has 3 aromatic rings. The second-order valence-corrected chi connectivity index (χ2v) is 8.03. The highest BCUT2D eigenvalue weighted by atomic mass is 16.1. The van der Waals surface area contributed by atoms with E-state index in [-0.39, 0.29) is 11.8 Å². The first-order valence-corrected chi connectivity index (χ1v) is 10.4. The summed E-state index contributed by atoms with van der Waals surface area (Å²) in [6, 6.07) is 28.8. The van der Waals surface area contributed by atoms with Crippen LogP contribution in [0.2, 0.25) is 0 Å². The predicted octanol–water partition coefficient (Wildman–Crippen LogP) is 5.76. The molecule has 0 aliphatic heterocycles. The standard InChI is InChI=1S/C27H31NO/c1-5-22-16-18-23(19-17-22)26(29)27(20-21(2)28(3)4,24-12-8-6-9-13-24)25-14-10-7-11-15-25/h6-19,21H,5,20H2,1-4H3/t21-/m0/s1. The summed E-state index contributed by atoms with van der Waals surface area (Å²) in [7, 11) is 4.15. The van der Waals surface area contributed by atoms with Gasteiger partial charge < -0.3 is 4.90 Å². The number of carbonyl (C=O) groups excluding carboxylic acids is 1. The maximum Gasteiger partial charge on any atom is 0.177 e. The van der Waals surface area contributed by atoms with Gasteiger partial charge in [-0.05, 0) is 50.6 Å². The van der Waals surface area contributed by atoms with Crippen molar-refractivity contribution in [1.82, 2.24) is 4.90 Å². The molecule has 0 fully saturated rings. The molecule has 0 bridgehead atoms. The van der Waals surface area contributed by atoms with E-state index in [1.165, 1.54) is 5.56 Å². The Morgan fingerprint density at radius 2 is 1.31 bits per heavy atom. The molecule has 0 saturated carbocycles. The number of ketones is 1. The maximum atomic E-state index is 14.2. The van der Waals surface area contributed by atoms with Crippen molar-refractivity contribution in [1.29, 1.82) is 0 Å². The lowest BCUT2D eigenvalue weighted by Gasteiger charge is -2.38. The van der Waals surface area contributed by atoms with Crippen LogP contribution >= 0.6 is 0 Å². The molecule has 0 aliphatic carbocycles. The number of rotatable bonds is 8. The molecule has 0 radical (unpaired) electrons. The van der Waals surface area contributed by atoms with Crippen LogP contribution < -0.4 is 0 Å². The summed E-state index contributed by atoms with van der Waals surface area (Å²) in [4.78, 5) is 16.4. The van der Waals surface area contributed by atoms with E-state index in [1.807, 2.05) is 48.5 Å². The van der Waals surface area contributed by atoms with Crippen LogP contribution in [-0.4, -0.2) is 30.8 Å². The van der Waals surface area contributed by atoms with Crippen molar-refractivity contribution in [2.24, 2.45) is 0 Å². The van der Waals surface area contributed by atoms with Gasteiger partial charge in [-0.1, -0.05) is 91.9 Å². The van der Waals surface area contributed by atoms with Crippen LogP contribution in [0.5, 0.6) is 0 Å². The number of hydrogen-bond acceptors (Lipinski definition) is 2. The zero-order valence-electron chi connectivity index (χ0n) is 17.9. The Hall–Kier alpha value is -2.71. The van der Waals surface area contributed by atoms with E-state index in [1.54, 1.807) is 0 Å². The molecule has 0 amide bonds. The quantitative estimate of drug-likeness (QED) is 0.460. The van der Waals surface area contributed by atoms with Gasteiger partial charge in [-0.3, -0.25) is 4.79 Å². The van der Waals surface area contributed by atoms with Crippen LogP contribution in [0.1, 0.15) is 47.3 Å². The zero-order valence-corrected chi connectivity index (χ0v) is 17.9. The van der Waals surface area contributed by atoms with Crippen molar-refractivity contribution < 1.29 is 4.79 Å². The fraction of sp³-hybridized carbons (Fsp3) is 0.296. The molecule has 0 aromatic heterocycles. The van der Waals surface area contributed by atoms with E-state index in [4.69, 9.17) is 0 Å². The van der Waals surface area contributed by atoms with E-state index < -0.39 is 5.41 Å². The van der Waals surface area contributed by atoms with Crippen LogP contribution in [0, 0.1) is 0 Å². The van der Waals surface area contributed by atoms with Gasteiger partial charge in [-0.25, -0.2) is 0 Å². The van der Waals surface area contributed by atoms with Crippen LogP contribution in [0.4, 0.5) is 0 Å². The van der Waals surface area contributed by atoms with Gasteiger partial charge >= 0.3 is 0 Å². The second kappa shape index (κ2) is 9.19. The smallest absolute Gasteiger partial charge is 0.177 e. The number of benzene rings is 3. The summed E-state index contributed by atoms with van der Waals surface area (Å²) in [5, 5.41) is 0. The molecule has 0 heterocycles. The highest BCUT2D eigenvalue weighted by Gasteiger charge is 2.43. The van der Waals surface area contributed by atoms with Crippen LogP contribution in [0.3, 0.4) is 0 Å². The molecule has 0 spiro atoms. The molecule has 1 atom stereocenters. The number of Topliss-reactive ketones (excluding diaryl/α,β-unsaturated/α-hetero) is 1. The van der Waals surface area contributed by atoms with Crippen molar-refractivity contribution in [3.05, 3.63) is 107 Å². The molecular weight excluding hydrogens is 354 g/mol. The van der Waals surface area contributed by atoms with Gasteiger partial charge in [0.2, 0.25) is 0 Å². The predicted molar refractivity (Wildman–Crippen MR) is 122 cm³/mol. The van der Waals surface area contributed by atoms with E-state index >= 15 is 0 Å². The molecule has 0 saturated heterocycles. The summed E-state index contributed by atoms with van der Waals surface area (Å²) in [6.07, 6.45) is 1.68. The number of aryl methyl sites for hydroxylation is 1. The summed E-state index contributed by atoms with van der Waals surface area (Å²) in [5.74, 6) is 0.159. The Labute approximate surface area is 175 Å². The molecule has 0 aliphatic rings. The minimum absolute atomic E-state index is 0.159. The monoisotopic (exact) mass is 385 g/mol. The lowest BCUT2D eigenvalue weighted by atomic mass is 9.66. The van der Waals surface area contributed by atoms with Crippen LogP contribution in [-0.2, 0) is 11.8 Å². The average Bonchev–Trinajstić information content (AvgIpc) is 2.78. The van der Waals surface area contributed by atoms with Gasteiger partial charge in [0.05, 0.1) is 5.41 Å². The van der Waals surface area contributed by atoms with Crippen molar-refractivity contribution >= 4 is 5.78 Å². The third kappa shape index (κ3) is 4.33. The summed E-state index contributed by atoms with van der Waals surface area (Å²) in [6.45, 7) is 4.32. The average molecular weight is 386 g/mol. The Morgan fingerprint density at radius 1 is 0.828 bits per heavy atom. The first-order valence-electron chi connectivity index (χ1n) is 10.4. The Morgan fingerprint density at radius 3 is 1.72 bits per heavy atom. The minimum atomic E-state index is -0.736. The van der Waals surface area contributed by atoms with Gasteiger partial charge in [0.15, 0.2) is 5.78 Å². The number of nitrogens with zero attached hydrogens (tertiary/aromatic N) is 1. The Kier molecular flexibility index (Phi) is 6.66. The van der Waals surface area contributed by atoms with Crippen LogP contribution in [0.25, 0.3) is 0 Å². The first-order chi connectivity index (χ1) is 14.0. The van der Waals surface area contributed by atoms with Crippen molar-refractivity contribution in [2.45, 2.75) is 38.1 Å². The minimum Gasteiger partial charge on any atom is -0.307 e. The molecular formula is C27H31NO. The topological polar surface area (TPSA) is 20.3 Å². The van der Waals surface area contributed by atoms with Gasteiger partial charge in [-0.2, -0.15) is 0 Å². The highest BCUT2D eigenvalue weighted by Crippen LogP contribution is 2.40. The largest absolute Gasteiger partial charge is 0.307 e. The number of hydrogen-bond donors (Lipinski definition) is 0. The molecule has 150 valence electrons. The third-order valence-corrected chi connectivity index (χ3v) is 6.03. The molecule has 3 aromatic carbocycles. The second-order valence-electron chi connectivity index (χ2n) is 8.03. The maximum absolute atomic E-state index is 14.2. The van der Waals surface area contributed by atoms with Crippen molar-refractivity contribution in [3.8, 4) is 0 Å². The third-order valence-electron chi connectivity index (χ3n) is 6.03. The van der Waals surface area contributed by atoms with Crippen LogP contribution in [0.15, 0.2) is 84.9 Å². The van der Waals surface area contributed by atoms with Crippen molar-refractivity contribution in [2.75, 3.05) is 14.1 Å². The molecule has 3 rings (SSSR count). The van der Waals surface area contributed by atoms with Gasteiger partial charge in [-0.15, -0.1) is 0 Å². The molecule has 0 unspecified atom stereocenters. The molecule has 29 heavy (non-hydrogen) atoms. The van der Waals surface area contributed by atoms with Gasteiger partial charge in [0.1, 0.15) is 0 Å². The molecule has 2 nitrogen and oxygen atoms in total. The lowest BCUT2D eigenvalue weighted by molar-refractivity contribution is 0.0882. The van der Waals surface area contributed by atoms with E-state index in [0.29, 0.717) is 6.42 Å². The fourth-order valence-electron chi connectivity index (χ4n) is 3.97. The SMILES string of the molecule is CCc1ccc(C(=O)C(C[C@H](C)N(C)C)(c2ccccc2)c2ccccc2)cc1. The van der Waals surface area contributed by atoms with E-state index in [0.717, 1.165) is 23.1 Å². The van der Waals surface area contributed by atoms with Gasteiger partial charge in [0.25, 0.3) is 0 Å².